The van der Waals surface area contributed by atoms with E-state index < -0.39 is 0 Å². The number of fused-ring (bicyclic) bond motifs is 1. The Morgan fingerprint density at radius 2 is 2.50 bits per heavy atom. The molecule has 1 nitrogen and oxygen atoms in total. The summed E-state index contributed by atoms with van der Waals surface area (Å²) in [6.45, 7) is 4.51. The van der Waals surface area contributed by atoms with Gasteiger partial charge in [-0.25, -0.2) is 0 Å². The second kappa shape index (κ2) is 3.48. The van der Waals surface area contributed by atoms with E-state index in [-0.39, 0.29) is 0 Å². The Bertz CT molecular complexity index is 282. The summed E-state index contributed by atoms with van der Waals surface area (Å²) in [5.41, 5.74) is 1.48. The molecule has 1 aliphatic heterocycles. The van der Waals surface area contributed by atoms with Crippen LogP contribution in [0.5, 0.6) is 0 Å². The van der Waals surface area contributed by atoms with Crippen molar-refractivity contribution in [3.63, 3.8) is 0 Å². The van der Waals surface area contributed by atoms with Gasteiger partial charge in [0.05, 0.1) is 3.79 Å². The van der Waals surface area contributed by atoms with Crippen LogP contribution in [0.15, 0.2) is 9.85 Å². The van der Waals surface area contributed by atoms with Crippen LogP contribution >= 0.6 is 27.3 Å². The van der Waals surface area contributed by atoms with Gasteiger partial charge in [-0.15, -0.1) is 11.3 Å². The monoisotopic (exact) mass is 245 g/mol. The third-order valence-corrected chi connectivity index (χ3v) is 4.24. The maximum absolute atomic E-state index is 3.54. The lowest BCUT2D eigenvalue weighted by molar-refractivity contribution is 0.632. The Labute approximate surface area is 85.3 Å². The first-order chi connectivity index (χ1) is 5.77. The van der Waals surface area contributed by atoms with E-state index in [1.165, 1.54) is 15.8 Å². The minimum Gasteiger partial charge on any atom is -0.313 e. The van der Waals surface area contributed by atoms with Crippen molar-refractivity contribution in [2.45, 2.75) is 25.8 Å². The molecule has 0 radical (unpaired) electrons. The number of halogens is 1. The zero-order chi connectivity index (χ0) is 8.55. The third kappa shape index (κ3) is 1.58. The topological polar surface area (TPSA) is 12.0 Å². The minimum atomic E-state index is 0.728. The minimum absolute atomic E-state index is 0.728. The smallest absolute Gasteiger partial charge is 0.0704 e. The standard InChI is InChI=1S/C9H12BrNS/c1-6-2-3-11-5-7-4-8(10)12-9(6)7/h4,6,11H,2-3,5H2,1H3. The van der Waals surface area contributed by atoms with Crippen molar-refractivity contribution in [1.82, 2.24) is 5.32 Å². The second-order valence-corrected chi connectivity index (χ2v) is 5.77. The first kappa shape index (κ1) is 8.73. The van der Waals surface area contributed by atoms with E-state index in [0.717, 1.165) is 19.0 Å². The van der Waals surface area contributed by atoms with Crippen LogP contribution in [0.3, 0.4) is 0 Å². The number of nitrogens with one attached hydrogen (secondary N) is 1. The summed E-state index contributed by atoms with van der Waals surface area (Å²) in [6, 6.07) is 2.24. The third-order valence-electron chi connectivity index (χ3n) is 2.33. The van der Waals surface area contributed by atoms with Crippen molar-refractivity contribution in [2.24, 2.45) is 0 Å². The van der Waals surface area contributed by atoms with Crippen molar-refractivity contribution < 1.29 is 0 Å². The first-order valence-electron chi connectivity index (χ1n) is 4.26. The Morgan fingerprint density at radius 1 is 1.67 bits per heavy atom. The largest absolute Gasteiger partial charge is 0.313 e. The van der Waals surface area contributed by atoms with Gasteiger partial charge in [0.25, 0.3) is 0 Å². The summed E-state index contributed by atoms with van der Waals surface area (Å²) in [6.07, 6.45) is 1.26. The molecule has 3 heteroatoms. The van der Waals surface area contributed by atoms with Gasteiger partial charge in [-0.1, -0.05) is 6.92 Å². The molecule has 1 atom stereocenters. The number of thiophene rings is 1. The van der Waals surface area contributed by atoms with Crippen molar-refractivity contribution >= 4 is 27.3 Å². The molecule has 0 amide bonds. The molecule has 0 fully saturated rings. The highest BCUT2D eigenvalue weighted by Crippen LogP contribution is 2.35. The maximum Gasteiger partial charge on any atom is 0.0704 e. The lowest BCUT2D eigenvalue weighted by atomic mass is 10.0. The molecule has 1 N–H and O–H groups in total. The Balaban J connectivity index is 2.38. The van der Waals surface area contributed by atoms with E-state index in [2.05, 4.69) is 34.2 Å². The van der Waals surface area contributed by atoms with Crippen molar-refractivity contribution in [3.05, 3.63) is 20.3 Å². The van der Waals surface area contributed by atoms with Crippen LogP contribution in [-0.4, -0.2) is 6.54 Å². The van der Waals surface area contributed by atoms with Crippen LogP contribution in [0.25, 0.3) is 0 Å². The van der Waals surface area contributed by atoms with E-state index >= 15 is 0 Å². The van der Waals surface area contributed by atoms with Crippen LogP contribution in [0.1, 0.15) is 29.7 Å². The normalized spacial score (nSPS) is 23.3. The molecule has 66 valence electrons. The molecule has 0 saturated carbocycles. The SMILES string of the molecule is CC1CCNCc2cc(Br)sc21. The number of hydrogen-bond donors (Lipinski definition) is 1. The van der Waals surface area contributed by atoms with Crippen LogP contribution in [-0.2, 0) is 6.54 Å². The highest BCUT2D eigenvalue weighted by atomic mass is 79.9. The molecular weight excluding hydrogens is 234 g/mol. The van der Waals surface area contributed by atoms with Gasteiger partial charge >= 0.3 is 0 Å². The molecule has 1 aliphatic rings. The average molecular weight is 246 g/mol. The van der Waals surface area contributed by atoms with Crippen molar-refractivity contribution in [2.75, 3.05) is 6.54 Å². The van der Waals surface area contributed by atoms with E-state index in [0.29, 0.717) is 0 Å². The van der Waals surface area contributed by atoms with Gasteiger partial charge in [-0.3, -0.25) is 0 Å². The summed E-state index contributed by atoms with van der Waals surface area (Å²) in [4.78, 5) is 1.56. The molecule has 0 aliphatic carbocycles. The van der Waals surface area contributed by atoms with Gasteiger partial charge in [0, 0.05) is 11.4 Å². The van der Waals surface area contributed by atoms with Gasteiger partial charge in [-0.05, 0) is 46.4 Å². The Morgan fingerprint density at radius 3 is 3.33 bits per heavy atom. The van der Waals surface area contributed by atoms with E-state index in [9.17, 15) is 0 Å². The highest BCUT2D eigenvalue weighted by molar-refractivity contribution is 9.11. The lowest BCUT2D eigenvalue weighted by Gasteiger charge is -2.05. The summed E-state index contributed by atoms with van der Waals surface area (Å²) in [5, 5.41) is 3.43. The molecule has 2 heterocycles. The van der Waals surface area contributed by atoms with Gasteiger partial charge < -0.3 is 5.32 Å². The fourth-order valence-corrected chi connectivity index (χ4v) is 3.43. The second-order valence-electron chi connectivity index (χ2n) is 3.31. The molecule has 1 aromatic heterocycles. The molecule has 2 rings (SSSR count). The summed E-state index contributed by atoms with van der Waals surface area (Å²) < 4.78 is 1.27. The van der Waals surface area contributed by atoms with Crippen molar-refractivity contribution in [1.29, 1.82) is 0 Å². The number of rotatable bonds is 0. The molecule has 0 spiro atoms. The van der Waals surface area contributed by atoms with Crippen molar-refractivity contribution in [3.8, 4) is 0 Å². The molecule has 0 aromatic carbocycles. The van der Waals surface area contributed by atoms with Gasteiger partial charge in [-0.2, -0.15) is 0 Å². The quantitative estimate of drug-likeness (QED) is 0.741. The summed E-state index contributed by atoms with van der Waals surface area (Å²) in [5.74, 6) is 0.728. The van der Waals surface area contributed by atoms with Crippen LogP contribution < -0.4 is 5.32 Å². The van der Waals surface area contributed by atoms with E-state index in [1.54, 1.807) is 4.88 Å². The van der Waals surface area contributed by atoms with E-state index in [1.807, 2.05) is 11.3 Å². The first-order valence-corrected chi connectivity index (χ1v) is 5.87. The number of hydrogen-bond acceptors (Lipinski definition) is 2. The van der Waals surface area contributed by atoms with Gasteiger partial charge in [0.1, 0.15) is 0 Å². The van der Waals surface area contributed by atoms with Crippen LogP contribution in [0.4, 0.5) is 0 Å². The predicted octanol–water partition coefficient (Wildman–Crippen LogP) is 3.11. The highest BCUT2D eigenvalue weighted by Gasteiger charge is 2.16. The van der Waals surface area contributed by atoms with Crippen LogP contribution in [0.2, 0.25) is 0 Å². The van der Waals surface area contributed by atoms with Gasteiger partial charge in [0.15, 0.2) is 0 Å². The summed E-state index contributed by atoms with van der Waals surface area (Å²) in [7, 11) is 0. The maximum atomic E-state index is 3.54. The molecular formula is C9H12BrNS. The fraction of sp³-hybridized carbons (Fsp3) is 0.556. The summed E-state index contributed by atoms with van der Waals surface area (Å²) >= 11 is 5.42. The molecule has 0 bridgehead atoms. The molecule has 1 aromatic rings. The fourth-order valence-electron chi connectivity index (χ4n) is 1.64. The Kier molecular flexibility index (Phi) is 2.53. The lowest BCUT2D eigenvalue weighted by Crippen LogP contribution is -2.11. The zero-order valence-electron chi connectivity index (χ0n) is 7.06. The zero-order valence-corrected chi connectivity index (χ0v) is 9.46. The molecule has 12 heavy (non-hydrogen) atoms. The van der Waals surface area contributed by atoms with Gasteiger partial charge in [0.2, 0.25) is 0 Å². The average Bonchev–Trinajstić information content (AvgIpc) is 2.33. The molecule has 1 unspecified atom stereocenters. The Hall–Kier alpha value is 0.140. The molecule has 0 saturated heterocycles. The van der Waals surface area contributed by atoms with E-state index in [4.69, 9.17) is 0 Å². The predicted molar refractivity (Wildman–Crippen MR) is 56.8 cm³/mol. The van der Waals surface area contributed by atoms with Crippen LogP contribution in [0, 0.1) is 0 Å².